The molecule has 1 saturated heterocycles. The summed E-state index contributed by atoms with van der Waals surface area (Å²) >= 11 is 0. The number of fused-ring (bicyclic) bond motifs is 7. The number of ether oxygens (including phenoxy) is 1. The molecule has 9 rings (SSSR count). The molecule has 2 aliphatic heterocycles. The summed E-state index contributed by atoms with van der Waals surface area (Å²) in [6, 6.07) is 23.0. The first-order valence-electron chi connectivity index (χ1n) is 18.0. The third kappa shape index (κ3) is 4.90. The second-order valence-corrected chi connectivity index (χ2v) is 14.7. The molecule has 4 heterocycles. The Balaban J connectivity index is 1.08. The summed E-state index contributed by atoms with van der Waals surface area (Å²) in [5.41, 5.74) is 14.1. The van der Waals surface area contributed by atoms with Crippen molar-refractivity contribution in [3.8, 4) is 28.1 Å². The standard InChI is InChI=1S/C41H43N5O3/c1-49-31-13-15-32-34(21-31)35-22-41(35,40(48)44-18-16-30(17-19-44)46-24-29(23-43-46)26-8-4-2-5-9-26)25-45-36-20-28(39(42)47)12-14-33(36)37(38(32)45)27-10-6-3-7-11-27/h2,4-5,8-9,12-15,20-21,23-24,27,30,35H,3,6-7,10-11,16-19,22,25H2,1H3,(H2,42,47). The number of hydrogen-bond acceptors (Lipinski definition) is 4. The number of nitrogens with zero attached hydrogens (tertiary/aromatic N) is 4. The molecule has 3 aromatic carbocycles. The van der Waals surface area contributed by atoms with E-state index >= 15 is 0 Å². The molecule has 2 N–H and O–H groups in total. The fourth-order valence-electron chi connectivity index (χ4n) is 9.40. The zero-order valence-electron chi connectivity index (χ0n) is 28.1. The summed E-state index contributed by atoms with van der Waals surface area (Å²) in [7, 11) is 1.71. The van der Waals surface area contributed by atoms with E-state index in [1.165, 1.54) is 47.0 Å². The first-order valence-corrected chi connectivity index (χ1v) is 18.0. The number of primary amides is 1. The molecule has 2 aliphatic carbocycles. The van der Waals surface area contributed by atoms with Gasteiger partial charge in [0.1, 0.15) is 5.75 Å². The molecule has 8 nitrogen and oxygen atoms in total. The van der Waals surface area contributed by atoms with Gasteiger partial charge in [0, 0.05) is 59.3 Å². The molecule has 2 atom stereocenters. The van der Waals surface area contributed by atoms with E-state index in [1.807, 2.05) is 24.4 Å². The first-order chi connectivity index (χ1) is 23.9. The SMILES string of the molecule is COc1ccc2c(c1)C1CC1(C(=O)N1CCC(n3cc(-c4ccccc4)cn3)CC1)Cn1c-2c(C2CCCCC2)c2ccc(C(N)=O)cc21. The quantitative estimate of drug-likeness (QED) is 0.203. The third-order valence-electron chi connectivity index (χ3n) is 12.1. The molecule has 4 aliphatic rings. The molecule has 2 amide bonds. The number of methoxy groups -OCH3 is 1. The largest absolute Gasteiger partial charge is 0.497 e. The minimum atomic E-state index is -0.552. The number of benzene rings is 3. The van der Waals surface area contributed by atoms with Crippen LogP contribution in [0.5, 0.6) is 5.75 Å². The Bertz CT molecular complexity index is 2080. The van der Waals surface area contributed by atoms with Crippen molar-refractivity contribution in [1.29, 1.82) is 0 Å². The van der Waals surface area contributed by atoms with Crippen LogP contribution in [0.4, 0.5) is 0 Å². The molecule has 3 fully saturated rings. The van der Waals surface area contributed by atoms with Gasteiger partial charge in [-0.05, 0) is 85.0 Å². The van der Waals surface area contributed by atoms with E-state index in [2.05, 4.69) is 68.9 Å². The van der Waals surface area contributed by atoms with Gasteiger partial charge in [-0.2, -0.15) is 5.10 Å². The first kappa shape index (κ1) is 30.2. The molecular formula is C41H43N5O3. The Morgan fingerprint density at radius 1 is 0.918 bits per heavy atom. The molecular weight excluding hydrogens is 610 g/mol. The van der Waals surface area contributed by atoms with E-state index in [9.17, 15) is 9.59 Å². The van der Waals surface area contributed by atoms with Crippen LogP contribution < -0.4 is 10.5 Å². The van der Waals surface area contributed by atoms with E-state index in [0.717, 1.165) is 54.5 Å². The van der Waals surface area contributed by atoms with Crippen LogP contribution in [0.25, 0.3) is 33.3 Å². The summed E-state index contributed by atoms with van der Waals surface area (Å²) in [5, 5.41) is 5.92. The lowest BCUT2D eigenvalue weighted by molar-refractivity contribution is -0.139. The third-order valence-corrected chi connectivity index (χ3v) is 12.1. The lowest BCUT2D eigenvalue weighted by Crippen LogP contribution is -2.44. The highest BCUT2D eigenvalue weighted by molar-refractivity contribution is 6.01. The van der Waals surface area contributed by atoms with Crippen molar-refractivity contribution < 1.29 is 14.3 Å². The monoisotopic (exact) mass is 653 g/mol. The van der Waals surface area contributed by atoms with Gasteiger partial charge in [-0.15, -0.1) is 0 Å². The number of amides is 2. The van der Waals surface area contributed by atoms with E-state index in [1.54, 1.807) is 7.11 Å². The Kier molecular flexibility index (Phi) is 7.18. The van der Waals surface area contributed by atoms with Gasteiger partial charge in [0.25, 0.3) is 0 Å². The van der Waals surface area contributed by atoms with Gasteiger partial charge in [0.05, 0.1) is 30.5 Å². The molecule has 0 bridgehead atoms. The highest BCUT2D eigenvalue weighted by atomic mass is 16.5. The molecule has 2 aromatic heterocycles. The van der Waals surface area contributed by atoms with Gasteiger partial charge in [-0.25, -0.2) is 0 Å². The van der Waals surface area contributed by atoms with Gasteiger partial charge < -0.3 is 19.9 Å². The van der Waals surface area contributed by atoms with Crippen molar-refractivity contribution in [2.24, 2.45) is 11.1 Å². The predicted octanol–water partition coefficient (Wildman–Crippen LogP) is 7.68. The number of nitrogens with two attached hydrogens (primary N) is 1. The molecule has 49 heavy (non-hydrogen) atoms. The van der Waals surface area contributed by atoms with Crippen LogP contribution >= 0.6 is 0 Å². The maximum Gasteiger partial charge on any atom is 0.248 e. The van der Waals surface area contributed by atoms with Crippen molar-refractivity contribution >= 4 is 22.7 Å². The lowest BCUT2D eigenvalue weighted by atomic mass is 9.81. The van der Waals surface area contributed by atoms with Gasteiger partial charge >= 0.3 is 0 Å². The minimum absolute atomic E-state index is 0.107. The fourth-order valence-corrected chi connectivity index (χ4v) is 9.40. The van der Waals surface area contributed by atoms with E-state index in [4.69, 9.17) is 15.6 Å². The number of rotatable bonds is 6. The van der Waals surface area contributed by atoms with Crippen LogP contribution in [0, 0.1) is 5.41 Å². The van der Waals surface area contributed by atoms with Crippen molar-refractivity contribution in [2.45, 2.75) is 75.8 Å². The van der Waals surface area contributed by atoms with Gasteiger partial charge in [0.2, 0.25) is 11.8 Å². The zero-order valence-corrected chi connectivity index (χ0v) is 28.1. The van der Waals surface area contributed by atoms with Crippen LogP contribution in [-0.2, 0) is 11.3 Å². The molecule has 0 radical (unpaired) electrons. The number of piperidine rings is 1. The molecule has 0 spiro atoms. The fraction of sp³-hybridized carbons (Fsp3) is 0.390. The molecule has 5 aromatic rings. The highest BCUT2D eigenvalue weighted by Crippen LogP contribution is 2.66. The molecule has 250 valence electrons. The van der Waals surface area contributed by atoms with Crippen LogP contribution in [0.1, 0.15) is 90.7 Å². The van der Waals surface area contributed by atoms with Crippen molar-refractivity contribution in [2.75, 3.05) is 20.2 Å². The molecule has 2 saturated carbocycles. The van der Waals surface area contributed by atoms with Gasteiger partial charge in [-0.3, -0.25) is 14.3 Å². The van der Waals surface area contributed by atoms with Crippen molar-refractivity contribution in [1.82, 2.24) is 19.2 Å². The van der Waals surface area contributed by atoms with Crippen LogP contribution in [0.2, 0.25) is 0 Å². The number of carbonyl (C=O) groups excluding carboxylic acids is 2. The number of hydrogen-bond donors (Lipinski definition) is 1. The molecule has 2 unspecified atom stereocenters. The maximum atomic E-state index is 14.9. The van der Waals surface area contributed by atoms with Crippen LogP contribution in [0.3, 0.4) is 0 Å². The predicted molar refractivity (Wildman–Crippen MR) is 191 cm³/mol. The zero-order chi connectivity index (χ0) is 33.3. The summed E-state index contributed by atoms with van der Waals surface area (Å²) in [5.74, 6) is 1.18. The Morgan fingerprint density at radius 3 is 2.47 bits per heavy atom. The smallest absolute Gasteiger partial charge is 0.248 e. The average Bonchev–Trinajstić information content (AvgIpc) is 3.54. The summed E-state index contributed by atoms with van der Waals surface area (Å²) in [4.78, 5) is 29.4. The van der Waals surface area contributed by atoms with Crippen molar-refractivity contribution in [3.05, 3.63) is 95.8 Å². The van der Waals surface area contributed by atoms with E-state index in [0.29, 0.717) is 31.1 Å². The Labute approximate surface area is 286 Å². The number of likely N-dealkylation sites (tertiary alicyclic amines) is 1. The van der Waals surface area contributed by atoms with Gasteiger partial charge in [-0.1, -0.05) is 55.7 Å². The summed E-state index contributed by atoms with van der Waals surface area (Å²) < 4.78 is 10.2. The average molecular weight is 654 g/mol. The number of carbonyl (C=O) groups is 2. The van der Waals surface area contributed by atoms with E-state index in [-0.39, 0.29) is 17.9 Å². The van der Waals surface area contributed by atoms with Gasteiger partial charge in [0.15, 0.2) is 0 Å². The second kappa shape index (κ2) is 11.6. The Hall–Kier alpha value is -4.85. The number of aromatic nitrogens is 3. The second-order valence-electron chi connectivity index (χ2n) is 14.7. The Morgan fingerprint density at radius 2 is 1.71 bits per heavy atom. The lowest BCUT2D eigenvalue weighted by Gasteiger charge is -2.35. The normalized spacial score (nSPS) is 22.2. The topological polar surface area (TPSA) is 95.4 Å². The van der Waals surface area contributed by atoms with Crippen molar-refractivity contribution in [3.63, 3.8) is 0 Å². The minimum Gasteiger partial charge on any atom is -0.497 e. The summed E-state index contributed by atoms with van der Waals surface area (Å²) in [6.07, 6.45) is 12.7. The van der Waals surface area contributed by atoms with Crippen LogP contribution in [0.15, 0.2) is 79.1 Å². The van der Waals surface area contributed by atoms with Crippen LogP contribution in [-0.4, -0.2) is 51.3 Å². The maximum absolute atomic E-state index is 14.9. The highest BCUT2D eigenvalue weighted by Gasteiger charge is 2.64. The summed E-state index contributed by atoms with van der Waals surface area (Å²) in [6.45, 7) is 2.01. The molecule has 8 heteroatoms. The van der Waals surface area contributed by atoms with E-state index < -0.39 is 11.3 Å².